The molecule has 0 bridgehead atoms. The van der Waals surface area contributed by atoms with E-state index in [9.17, 15) is 4.79 Å². The molecule has 6 nitrogen and oxygen atoms in total. The second-order valence-corrected chi connectivity index (χ2v) is 6.25. The molecule has 1 heterocycles. The van der Waals surface area contributed by atoms with E-state index in [-0.39, 0.29) is 11.9 Å². The van der Waals surface area contributed by atoms with Gasteiger partial charge in [0.1, 0.15) is 12.4 Å². The van der Waals surface area contributed by atoms with Gasteiger partial charge >= 0.3 is 0 Å². The number of nitrogens with zero attached hydrogens (tertiary/aromatic N) is 2. The van der Waals surface area contributed by atoms with E-state index in [1.165, 1.54) is 5.56 Å². The summed E-state index contributed by atoms with van der Waals surface area (Å²) in [4.78, 5) is 18.3. The molecule has 1 aliphatic rings. The van der Waals surface area contributed by atoms with Gasteiger partial charge in [-0.2, -0.15) is 0 Å². The molecule has 2 rings (SSSR count). The standard InChI is InChI=1S/C19H30N4O2/c1-4-18(24)23-12-10-16(14-23)22-19(20-5-2)21-11-13-25-17-8-6-15(3)7-9-17/h6-9,16H,4-5,10-14H2,1-3H3,(H2,20,21,22). The molecule has 6 heteroatoms. The largest absolute Gasteiger partial charge is 0.492 e. The fraction of sp³-hybridized carbons (Fsp3) is 0.579. The molecule has 0 radical (unpaired) electrons. The summed E-state index contributed by atoms with van der Waals surface area (Å²) in [7, 11) is 0. The zero-order valence-corrected chi connectivity index (χ0v) is 15.5. The summed E-state index contributed by atoms with van der Waals surface area (Å²) in [5.74, 6) is 1.87. The molecular formula is C19H30N4O2. The molecule has 0 spiro atoms. The van der Waals surface area contributed by atoms with Gasteiger partial charge in [-0.05, 0) is 32.4 Å². The summed E-state index contributed by atoms with van der Waals surface area (Å²) in [5.41, 5.74) is 1.22. The molecule has 0 saturated carbocycles. The number of nitrogens with one attached hydrogen (secondary N) is 2. The molecule has 1 unspecified atom stereocenters. The van der Waals surface area contributed by atoms with Crippen molar-refractivity contribution in [1.29, 1.82) is 0 Å². The van der Waals surface area contributed by atoms with E-state index in [2.05, 4.69) is 22.5 Å². The molecule has 25 heavy (non-hydrogen) atoms. The molecule has 1 atom stereocenters. The number of likely N-dealkylation sites (tertiary alicyclic amines) is 1. The monoisotopic (exact) mass is 346 g/mol. The SMILES string of the molecule is CCNC(=NCCOc1ccc(C)cc1)NC1CCN(C(=O)CC)C1. The first kappa shape index (κ1) is 19.1. The summed E-state index contributed by atoms with van der Waals surface area (Å²) >= 11 is 0. The van der Waals surface area contributed by atoms with E-state index in [1.54, 1.807) is 0 Å². The van der Waals surface area contributed by atoms with Crippen molar-refractivity contribution in [2.45, 2.75) is 39.7 Å². The second-order valence-electron chi connectivity index (χ2n) is 6.25. The molecule has 1 aromatic rings. The van der Waals surface area contributed by atoms with Gasteiger partial charge in [-0.25, -0.2) is 4.99 Å². The molecule has 1 aliphatic heterocycles. The van der Waals surface area contributed by atoms with Crippen molar-refractivity contribution in [3.05, 3.63) is 29.8 Å². The number of aliphatic imine (C=N–C) groups is 1. The average Bonchev–Trinajstić information content (AvgIpc) is 3.08. The van der Waals surface area contributed by atoms with E-state index >= 15 is 0 Å². The Morgan fingerprint density at radius 1 is 1.32 bits per heavy atom. The lowest BCUT2D eigenvalue weighted by Crippen LogP contribution is -2.45. The number of amides is 1. The number of hydrogen-bond donors (Lipinski definition) is 2. The van der Waals surface area contributed by atoms with Gasteiger partial charge in [0.15, 0.2) is 5.96 Å². The van der Waals surface area contributed by atoms with Crippen molar-refractivity contribution in [1.82, 2.24) is 15.5 Å². The Morgan fingerprint density at radius 3 is 2.76 bits per heavy atom. The molecular weight excluding hydrogens is 316 g/mol. The van der Waals surface area contributed by atoms with Crippen LogP contribution in [-0.2, 0) is 4.79 Å². The maximum Gasteiger partial charge on any atom is 0.222 e. The van der Waals surface area contributed by atoms with Crippen LogP contribution in [0.3, 0.4) is 0 Å². The average molecular weight is 346 g/mol. The Labute approximate surface area is 150 Å². The van der Waals surface area contributed by atoms with Crippen molar-refractivity contribution in [2.75, 3.05) is 32.8 Å². The molecule has 1 saturated heterocycles. The molecule has 0 aliphatic carbocycles. The smallest absolute Gasteiger partial charge is 0.222 e. The number of ether oxygens (including phenoxy) is 1. The topological polar surface area (TPSA) is 66.0 Å². The minimum Gasteiger partial charge on any atom is -0.492 e. The van der Waals surface area contributed by atoms with Crippen LogP contribution in [0.15, 0.2) is 29.3 Å². The van der Waals surface area contributed by atoms with Crippen molar-refractivity contribution in [2.24, 2.45) is 4.99 Å². The van der Waals surface area contributed by atoms with Crippen LogP contribution in [0.5, 0.6) is 5.75 Å². The van der Waals surface area contributed by atoms with Crippen molar-refractivity contribution in [3.8, 4) is 5.75 Å². The zero-order valence-electron chi connectivity index (χ0n) is 15.5. The van der Waals surface area contributed by atoms with E-state index < -0.39 is 0 Å². The van der Waals surface area contributed by atoms with E-state index in [1.807, 2.05) is 43.0 Å². The minimum atomic E-state index is 0.220. The first-order valence-corrected chi connectivity index (χ1v) is 9.14. The number of guanidine groups is 1. The van der Waals surface area contributed by atoms with Crippen LogP contribution in [-0.4, -0.2) is 55.6 Å². The molecule has 1 amide bonds. The third-order valence-electron chi connectivity index (χ3n) is 4.18. The quantitative estimate of drug-likeness (QED) is 0.450. The van der Waals surface area contributed by atoms with Gasteiger partial charge in [0.05, 0.1) is 6.54 Å². The maximum atomic E-state index is 11.8. The summed E-state index contributed by atoms with van der Waals surface area (Å²) in [6, 6.07) is 8.27. The Morgan fingerprint density at radius 2 is 2.08 bits per heavy atom. The van der Waals surface area contributed by atoms with Crippen molar-refractivity contribution < 1.29 is 9.53 Å². The number of carbonyl (C=O) groups excluding carboxylic acids is 1. The number of rotatable bonds is 7. The highest BCUT2D eigenvalue weighted by molar-refractivity contribution is 5.80. The number of hydrogen-bond acceptors (Lipinski definition) is 3. The van der Waals surface area contributed by atoms with Crippen molar-refractivity contribution in [3.63, 3.8) is 0 Å². The lowest BCUT2D eigenvalue weighted by atomic mass is 10.2. The summed E-state index contributed by atoms with van der Waals surface area (Å²) in [6.07, 6.45) is 1.52. The lowest BCUT2D eigenvalue weighted by molar-refractivity contribution is -0.129. The Hall–Kier alpha value is -2.24. The molecule has 1 aromatic carbocycles. The van der Waals surface area contributed by atoms with Crippen molar-refractivity contribution >= 4 is 11.9 Å². The highest BCUT2D eigenvalue weighted by atomic mass is 16.5. The third kappa shape index (κ3) is 6.29. The Kier molecular flexibility index (Phi) is 7.57. The Bertz CT molecular complexity index is 571. The number of carbonyl (C=O) groups is 1. The predicted octanol–water partition coefficient (Wildman–Crippen LogP) is 1.94. The summed E-state index contributed by atoms with van der Waals surface area (Å²) < 4.78 is 5.71. The summed E-state index contributed by atoms with van der Waals surface area (Å²) in [6.45, 7) is 9.48. The van der Waals surface area contributed by atoms with Gasteiger partial charge in [-0.1, -0.05) is 24.6 Å². The van der Waals surface area contributed by atoms with Crippen LogP contribution < -0.4 is 15.4 Å². The fourth-order valence-electron chi connectivity index (χ4n) is 2.80. The van der Waals surface area contributed by atoms with Crippen LogP contribution >= 0.6 is 0 Å². The fourth-order valence-corrected chi connectivity index (χ4v) is 2.80. The van der Waals surface area contributed by atoms with Crippen LogP contribution in [0.1, 0.15) is 32.3 Å². The first-order chi connectivity index (χ1) is 12.1. The molecule has 1 fully saturated rings. The molecule has 138 valence electrons. The number of benzene rings is 1. The second kappa shape index (κ2) is 9.91. The van der Waals surface area contributed by atoms with Crippen LogP contribution in [0, 0.1) is 6.92 Å². The van der Waals surface area contributed by atoms with Gasteiger partial charge in [-0.15, -0.1) is 0 Å². The van der Waals surface area contributed by atoms with E-state index in [4.69, 9.17) is 4.74 Å². The van der Waals surface area contributed by atoms with Crippen LogP contribution in [0.2, 0.25) is 0 Å². The van der Waals surface area contributed by atoms with Crippen LogP contribution in [0.4, 0.5) is 0 Å². The van der Waals surface area contributed by atoms with E-state index in [0.717, 1.165) is 37.8 Å². The highest BCUT2D eigenvalue weighted by Gasteiger charge is 2.25. The van der Waals surface area contributed by atoms with Gasteiger partial charge in [0.25, 0.3) is 0 Å². The normalized spacial score (nSPS) is 17.5. The third-order valence-corrected chi connectivity index (χ3v) is 4.18. The van der Waals surface area contributed by atoms with Gasteiger partial charge in [-0.3, -0.25) is 4.79 Å². The molecule has 0 aromatic heterocycles. The summed E-state index contributed by atoms with van der Waals surface area (Å²) in [5, 5.41) is 6.67. The van der Waals surface area contributed by atoms with E-state index in [0.29, 0.717) is 19.6 Å². The first-order valence-electron chi connectivity index (χ1n) is 9.14. The highest BCUT2D eigenvalue weighted by Crippen LogP contribution is 2.11. The van der Waals surface area contributed by atoms with Gasteiger partial charge < -0.3 is 20.3 Å². The predicted molar refractivity (Wildman–Crippen MR) is 101 cm³/mol. The number of aryl methyl sites for hydroxylation is 1. The van der Waals surface area contributed by atoms with Gasteiger partial charge in [0.2, 0.25) is 5.91 Å². The Balaban J connectivity index is 1.78. The maximum absolute atomic E-state index is 11.8. The lowest BCUT2D eigenvalue weighted by Gasteiger charge is -2.18. The molecule has 2 N–H and O–H groups in total. The minimum absolute atomic E-state index is 0.220. The van der Waals surface area contributed by atoms with Gasteiger partial charge in [0, 0.05) is 32.1 Å². The van der Waals surface area contributed by atoms with Crippen LogP contribution in [0.25, 0.3) is 0 Å². The zero-order chi connectivity index (χ0) is 18.1.